The Bertz CT molecular complexity index is 375. The van der Waals surface area contributed by atoms with Crippen LogP contribution in [0.15, 0.2) is 0 Å². The summed E-state index contributed by atoms with van der Waals surface area (Å²) >= 11 is 0. The van der Waals surface area contributed by atoms with Gasteiger partial charge in [0, 0.05) is 26.7 Å². The maximum absolute atomic E-state index is 12.3. The Kier molecular flexibility index (Phi) is 5.55. The Labute approximate surface area is 109 Å². The van der Waals surface area contributed by atoms with Gasteiger partial charge in [0.25, 0.3) is 10.2 Å². The summed E-state index contributed by atoms with van der Waals surface area (Å²) in [5.74, 6) is -1.68. The monoisotopic (exact) mass is 278 g/mol. The van der Waals surface area contributed by atoms with E-state index in [2.05, 4.69) is 0 Å². The zero-order chi connectivity index (χ0) is 13.8. The Morgan fingerprint density at radius 3 is 2.22 bits per heavy atom. The molecule has 0 aliphatic carbocycles. The van der Waals surface area contributed by atoms with Crippen molar-refractivity contribution in [1.82, 2.24) is 8.61 Å². The Morgan fingerprint density at radius 2 is 1.78 bits per heavy atom. The lowest BCUT2D eigenvalue weighted by Crippen LogP contribution is -2.44. The molecule has 1 unspecified atom stereocenters. The van der Waals surface area contributed by atoms with Crippen molar-refractivity contribution >= 4 is 16.2 Å². The minimum Gasteiger partial charge on any atom is -0.481 e. The highest BCUT2D eigenvalue weighted by Gasteiger charge is 2.29. The third-order valence-electron chi connectivity index (χ3n) is 3.24. The van der Waals surface area contributed by atoms with Gasteiger partial charge < -0.3 is 5.11 Å². The van der Waals surface area contributed by atoms with Gasteiger partial charge in [0.2, 0.25) is 0 Å². The summed E-state index contributed by atoms with van der Waals surface area (Å²) in [6.07, 6.45) is 3.87. The minimum atomic E-state index is -3.51. The van der Waals surface area contributed by atoms with Crippen molar-refractivity contribution in [2.45, 2.75) is 32.6 Å². The fourth-order valence-corrected chi connectivity index (χ4v) is 3.55. The van der Waals surface area contributed by atoms with E-state index in [-0.39, 0.29) is 6.54 Å². The molecule has 1 rings (SSSR count). The minimum absolute atomic E-state index is 0.00810. The first kappa shape index (κ1) is 15.4. The van der Waals surface area contributed by atoms with Gasteiger partial charge in [0.05, 0.1) is 5.92 Å². The van der Waals surface area contributed by atoms with E-state index < -0.39 is 22.1 Å². The van der Waals surface area contributed by atoms with Crippen LogP contribution in [0.2, 0.25) is 0 Å². The molecule has 0 aromatic carbocycles. The maximum Gasteiger partial charge on any atom is 0.307 e. The number of carboxylic acids is 1. The van der Waals surface area contributed by atoms with Crippen molar-refractivity contribution in [3.63, 3.8) is 0 Å². The molecule has 18 heavy (non-hydrogen) atoms. The van der Waals surface area contributed by atoms with Crippen LogP contribution in [0.5, 0.6) is 0 Å². The molecule has 0 saturated carbocycles. The average Bonchev–Trinajstić information content (AvgIpc) is 2.57. The second-order valence-corrected chi connectivity index (χ2v) is 6.88. The first-order valence-electron chi connectivity index (χ1n) is 6.30. The van der Waals surface area contributed by atoms with Crippen LogP contribution >= 0.6 is 0 Å². The van der Waals surface area contributed by atoms with Crippen LogP contribution < -0.4 is 0 Å². The number of aliphatic carboxylic acids is 1. The number of carbonyl (C=O) groups is 1. The average molecular weight is 278 g/mol. The molecule has 0 radical (unpaired) electrons. The first-order valence-corrected chi connectivity index (χ1v) is 7.69. The predicted octanol–water partition coefficient (Wildman–Crippen LogP) is 0.760. The number of nitrogens with zero attached hydrogens (tertiary/aromatic N) is 2. The molecular formula is C11H22N2O4S. The molecule has 106 valence electrons. The van der Waals surface area contributed by atoms with Gasteiger partial charge in [-0.3, -0.25) is 4.79 Å². The van der Waals surface area contributed by atoms with Crippen molar-refractivity contribution in [1.29, 1.82) is 0 Å². The molecular weight excluding hydrogens is 256 g/mol. The normalized spacial score (nSPS) is 20.6. The molecule has 1 aliphatic rings. The highest BCUT2D eigenvalue weighted by atomic mass is 32.2. The van der Waals surface area contributed by atoms with Crippen LogP contribution in [0.1, 0.15) is 32.6 Å². The Morgan fingerprint density at radius 1 is 1.28 bits per heavy atom. The third kappa shape index (κ3) is 3.93. The fraction of sp³-hybridized carbons (Fsp3) is 0.909. The molecule has 1 aliphatic heterocycles. The molecule has 0 aromatic rings. The zero-order valence-corrected chi connectivity index (χ0v) is 11.8. The summed E-state index contributed by atoms with van der Waals surface area (Å²) in [7, 11) is -2.07. The van der Waals surface area contributed by atoms with E-state index >= 15 is 0 Å². The third-order valence-corrected chi connectivity index (χ3v) is 5.19. The number of carboxylic acid groups (broad SMARTS) is 1. The van der Waals surface area contributed by atoms with Gasteiger partial charge in [0.15, 0.2) is 0 Å². The highest BCUT2D eigenvalue weighted by molar-refractivity contribution is 7.86. The lowest BCUT2D eigenvalue weighted by molar-refractivity contribution is -0.141. The van der Waals surface area contributed by atoms with E-state index in [1.165, 1.54) is 18.3 Å². The SMILES string of the molecule is CC(CN(C)S(=O)(=O)N1CCCCCC1)C(=O)O. The molecule has 1 fully saturated rings. The first-order chi connectivity index (χ1) is 8.35. The second-order valence-electron chi connectivity index (χ2n) is 4.84. The van der Waals surface area contributed by atoms with Gasteiger partial charge >= 0.3 is 5.97 Å². The van der Waals surface area contributed by atoms with Crippen molar-refractivity contribution in [3.05, 3.63) is 0 Å². The van der Waals surface area contributed by atoms with Crippen LogP contribution in [-0.2, 0) is 15.0 Å². The van der Waals surface area contributed by atoms with E-state index in [9.17, 15) is 13.2 Å². The molecule has 1 heterocycles. The lowest BCUT2D eigenvalue weighted by atomic mass is 10.2. The largest absolute Gasteiger partial charge is 0.481 e. The van der Waals surface area contributed by atoms with E-state index in [1.54, 1.807) is 0 Å². The maximum atomic E-state index is 12.3. The van der Waals surface area contributed by atoms with E-state index in [0.29, 0.717) is 13.1 Å². The van der Waals surface area contributed by atoms with E-state index in [0.717, 1.165) is 30.0 Å². The highest BCUT2D eigenvalue weighted by Crippen LogP contribution is 2.16. The molecule has 7 heteroatoms. The van der Waals surface area contributed by atoms with Crippen molar-refractivity contribution in [2.24, 2.45) is 5.92 Å². The Hall–Kier alpha value is -0.660. The summed E-state index contributed by atoms with van der Waals surface area (Å²) in [6, 6.07) is 0. The quantitative estimate of drug-likeness (QED) is 0.805. The molecule has 0 aromatic heterocycles. The standard InChI is InChI=1S/C11H22N2O4S/c1-10(11(14)15)9-12(2)18(16,17)13-7-5-3-4-6-8-13/h10H,3-9H2,1-2H3,(H,14,15). The molecule has 0 spiro atoms. The van der Waals surface area contributed by atoms with Crippen LogP contribution in [0.4, 0.5) is 0 Å². The van der Waals surface area contributed by atoms with Gasteiger partial charge in [0.1, 0.15) is 0 Å². The molecule has 1 N–H and O–H groups in total. The second kappa shape index (κ2) is 6.49. The van der Waals surface area contributed by atoms with Crippen LogP contribution in [-0.4, -0.2) is 54.8 Å². The molecule has 1 atom stereocenters. The Balaban J connectivity index is 2.68. The van der Waals surface area contributed by atoms with Crippen LogP contribution in [0, 0.1) is 5.92 Å². The summed E-state index contributed by atoms with van der Waals surface area (Å²) in [5.41, 5.74) is 0. The van der Waals surface area contributed by atoms with Crippen molar-refractivity contribution in [3.8, 4) is 0 Å². The number of hydrogen-bond donors (Lipinski definition) is 1. The molecule has 6 nitrogen and oxygen atoms in total. The van der Waals surface area contributed by atoms with E-state index in [4.69, 9.17) is 5.11 Å². The lowest BCUT2D eigenvalue weighted by Gasteiger charge is -2.27. The summed E-state index contributed by atoms with van der Waals surface area (Å²) < 4.78 is 27.1. The van der Waals surface area contributed by atoms with Gasteiger partial charge in [-0.15, -0.1) is 0 Å². The van der Waals surface area contributed by atoms with Crippen LogP contribution in [0.25, 0.3) is 0 Å². The summed E-state index contributed by atoms with van der Waals surface area (Å²) in [5, 5.41) is 8.82. The van der Waals surface area contributed by atoms with Gasteiger partial charge in [-0.05, 0) is 12.8 Å². The van der Waals surface area contributed by atoms with E-state index in [1.807, 2.05) is 0 Å². The molecule has 0 amide bonds. The van der Waals surface area contributed by atoms with Gasteiger partial charge in [-0.1, -0.05) is 19.8 Å². The van der Waals surface area contributed by atoms with Crippen molar-refractivity contribution in [2.75, 3.05) is 26.7 Å². The number of hydrogen-bond acceptors (Lipinski definition) is 3. The molecule has 1 saturated heterocycles. The fourth-order valence-electron chi connectivity index (χ4n) is 2.03. The van der Waals surface area contributed by atoms with Crippen LogP contribution in [0.3, 0.4) is 0 Å². The number of rotatable bonds is 5. The summed E-state index contributed by atoms with van der Waals surface area (Å²) in [4.78, 5) is 10.8. The summed E-state index contributed by atoms with van der Waals surface area (Å²) in [6.45, 7) is 2.59. The zero-order valence-electron chi connectivity index (χ0n) is 11.0. The molecule has 0 bridgehead atoms. The van der Waals surface area contributed by atoms with Gasteiger partial charge in [-0.2, -0.15) is 17.0 Å². The topological polar surface area (TPSA) is 77.9 Å². The smallest absolute Gasteiger partial charge is 0.307 e. The van der Waals surface area contributed by atoms with Gasteiger partial charge in [-0.25, -0.2) is 0 Å². The van der Waals surface area contributed by atoms with Crippen molar-refractivity contribution < 1.29 is 18.3 Å². The predicted molar refractivity (Wildman–Crippen MR) is 68.4 cm³/mol.